The highest BCUT2D eigenvalue weighted by Crippen LogP contribution is 2.41. The fraction of sp³-hybridized carbons (Fsp3) is 0.559. The molecular formula is C34H54O3Si2. The van der Waals surface area contributed by atoms with Crippen LogP contribution in [0.5, 0.6) is 0 Å². The summed E-state index contributed by atoms with van der Waals surface area (Å²) >= 11 is 0. The van der Waals surface area contributed by atoms with Gasteiger partial charge in [-0.1, -0.05) is 121 Å². The summed E-state index contributed by atoms with van der Waals surface area (Å²) in [5.41, 5.74) is 0. The molecule has 0 bridgehead atoms. The summed E-state index contributed by atoms with van der Waals surface area (Å²) in [5, 5.41) is 2.61. The highest BCUT2D eigenvalue weighted by atomic mass is 28.4. The highest BCUT2D eigenvalue weighted by molar-refractivity contribution is 6.99. The Balaban J connectivity index is 2.46. The number of aldehydes is 1. The predicted molar refractivity (Wildman–Crippen MR) is 173 cm³/mol. The first kappa shape index (κ1) is 33.4. The molecule has 2 rings (SSSR count). The van der Waals surface area contributed by atoms with E-state index in [0.717, 1.165) is 32.0 Å². The number of rotatable bonds is 14. The molecule has 0 aliphatic rings. The Kier molecular flexibility index (Phi) is 12.2. The lowest BCUT2D eigenvalue weighted by Crippen LogP contribution is -2.68. The van der Waals surface area contributed by atoms with Crippen LogP contribution in [-0.2, 0) is 13.6 Å². The molecule has 39 heavy (non-hydrogen) atoms. The van der Waals surface area contributed by atoms with Crippen molar-refractivity contribution >= 4 is 33.3 Å². The fourth-order valence-electron chi connectivity index (χ4n) is 4.91. The van der Waals surface area contributed by atoms with E-state index in [-0.39, 0.29) is 28.2 Å². The van der Waals surface area contributed by atoms with Crippen LogP contribution in [0.15, 0.2) is 72.8 Å². The van der Waals surface area contributed by atoms with E-state index in [1.54, 1.807) is 0 Å². The van der Waals surface area contributed by atoms with E-state index < -0.39 is 16.6 Å². The molecule has 0 unspecified atom stereocenters. The highest BCUT2D eigenvalue weighted by Gasteiger charge is 2.52. The molecule has 0 amide bonds. The zero-order chi connectivity index (χ0) is 29.3. The molecule has 3 nitrogen and oxygen atoms in total. The Labute approximate surface area is 241 Å². The number of hydrogen-bond donors (Lipinski definition) is 0. The van der Waals surface area contributed by atoms with E-state index in [1.165, 1.54) is 10.4 Å². The third-order valence-corrected chi connectivity index (χ3v) is 18.0. The van der Waals surface area contributed by atoms with Crippen molar-refractivity contribution in [3.05, 3.63) is 72.8 Å². The maximum Gasteiger partial charge on any atom is 0.261 e. The second-order valence-corrected chi connectivity index (χ2v) is 22.7. The van der Waals surface area contributed by atoms with Gasteiger partial charge in [0.2, 0.25) is 0 Å². The zero-order valence-electron chi connectivity index (χ0n) is 26.3. The maximum absolute atomic E-state index is 11.0. The molecule has 0 aliphatic carbocycles. The Bertz CT molecular complexity index is 980. The van der Waals surface area contributed by atoms with Crippen LogP contribution >= 0.6 is 0 Å². The molecule has 2 aromatic carbocycles. The Hall–Kier alpha value is -1.80. The topological polar surface area (TPSA) is 35.5 Å². The first-order valence-electron chi connectivity index (χ1n) is 14.7. The van der Waals surface area contributed by atoms with Gasteiger partial charge in [0.05, 0.1) is 12.2 Å². The molecule has 0 saturated carbocycles. The van der Waals surface area contributed by atoms with Crippen molar-refractivity contribution in [2.75, 3.05) is 0 Å². The zero-order valence-corrected chi connectivity index (χ0v) is 28.3. The van der Waals surface area contributed by atoms with Gasteiger partial charge in [0, 0.05) is 5.92 Å². The van der Waals surface area contributed by atoms with Gasteiger partial charge in [-0.25, -0.2) is 0 Å². The summed E-state index contributed by atoms with van der Waals surface area (Å²) < 4.78 is 14.6. The molecule has 0 fully saturated rings. The summed E-state index contributed by atoms with van der Waals surface area (Å²) in [6.45, 7) is 22.8. The van der Waals surface area contributed by atoms with Crippen molar-refractivity contribution in [1.82, 2.24) is 0 Å². The first-order chi connectivity index (χ1) is 18.2. The van der Waals surface area contributed by atoms with E-state index in [4.69, 9.17) is 8.85 Å². The van der Waals surface area contributed by atoms with E-state index >= 15 is 0 Å². The van der Waals surface area contributed by atoms with Gasteiger partial charge >= 0.3 is 0 Å². The van der Waals surface area contributed by atoms with Crippen molar-refractivity contribution in [2.24, 2.45) is 5.92 Å². The summed E-state index contributed by atoms with van der Waals surface area (Å²) in [5.74, 6) is 0.132. The summed E-state index contributed by atoms with van der Waals surface area (Å²) in [6.07, 6.45) is 9.20. The van der Waals surface area contributed by atoms with Gasteiger partial charge in [-0.2, -0.15) is 0 Å². The van der Waals surface area contributed by atoms with Crippen LogP contribution in [0.1, 0.15) is 81.1 Å². The van der Waals surface area contributed by atoms with Gasteiger partial charge < -0.3 is 13.6 Å². The number of carbonyl (C=O) groups excluding carboxylic acids is 1. The minimum absolute atomic E-state index is 0.0438. The molecule has 2 aromatic rings. The van der Waals surface area contributed by atoms with Crippen molar-refractivity contribution < 1.29 is 13.6 Å². The molecule has 0 spiro atoms. The maximum atomic E-state index is 11.0. The van der Waals surface area contributed by atoms with Gasteiger partial charge in [-0.05, 0) is 66.2 Å². The van der Waals surface area contributed by atoms with Crippen LogP contribution in [0.3, 0.4) is 0 Å². The van der Waals surface area contributed by atoms with E-state index in [0.29, 0.717) is 0 Å². The lowest BCUT2D eigenvalue weighted by molar-refractivity contribution is -0.110. The van der Waals surface area contributed by atoms with Crippen LogP contribution in [0.4, 0.5) is 0 Å². The fourth-order valence-corrected chi connectivity index (χ4v) is 11.0. The molecular weight excluding hydrogens is 513 g/mol. The molecule has 3 atom stereocenters. The second-order valence-electron chi connectivity index (χ2n) is 13.7. The van der Waals surface area contributed by atoms with Crippen molar-refractivity contribution in [3.8, 4) is 0 Å². The van der Waals surface area contributed by atoms with E-state index in [1.807, 2.05) is 6.92 Å². The Morgan fingerprint density at radius 1 is 0.769 bits per heavy atom. The van der Waals surface area contributed by atoms with Crippen LogP contribution in [-0.4, -0.2) is 35.1 Å². The quantitative estimate of drug-likeness (QED) is 0.0998. The number of unbranched alkanes of at least 4 members (excludes halogenated alkanes) is 1. The predicted octanol–water partition coefficient (Wildman–Crippen LogP) is 8.29. The molecule has 0 aliphatic heterocycles. The number of carbonyl (C=O) groups is 1. The average molecular weight is 567 g/mol. The lowest BCUT2D eigenvalue weighted by atomic mass is 10.1. The van der Waals surface area contributed by atoms with E-state index in [9.17, 15) is 4.79 Å². The van der Waals surface area contributed by atoms with Crippen LogP contribution in [0, 0.1) is 5.92 Å². The Morgan fingerprint density at radius 3 is 1.72 bits per heavy atom. The normalized spacial score (nSPS) is 15.7. The molecule has 0 N–H and O–H groups in total. The first-order valence-corrected chi connectivity index (χ1v) is 19.5. The summed E-state index contributed by atoms with van der Waals surface area (Å²) in [7, 11) is -4.74. The monoisotopic (exact) mass is 566 g/mol. The number of allylic oxidation sites excluding steroid dienone is 1. The van der Waals surface area contributed by atoms with Crippen LogP contribution in [0.25, 0.3) is 0 Å². The van der Waals surface area contributed by atoms with Gasteiger partial charge in [0.1, 0.15) is 6.29 Å². The number of hydrogen-bond acceptors (Lipinski definition) is 3. The van der Waals surface area contributed by atoms with Crippen LogP contribution in [0.2, 0.25) is 23.2 Å². The van der Waals surface area contributed by atoms with E-state index in [2.05, 4.69) is 134 Å². The molecule has 0 heterocycles. The average Bonchev–Trinajstić information content (AvgIpc) is 2.87. The van der Waals surface area contributed by atoms with Gasteiger partial charge in [-0.3, -0.25) is 0 Å². The standard InChI is InChI=1S/C34H54O3Si2/c1-28(27-35)21-15-11-12-20-26-32(37-38(9,10)33(3,4)5)29(2)36-39(34(6,7)8,30-22-16-13-17-23-30)31-24-18-14-19-25-31/h12-14,16-20,22-25,27-29,32H,11,15,21,26H2,1-10H3/b20-12-/t28-,29+,32-/m0/s1. The summed E-state index contributed by atoms with van der Waals surface area (Å²) in [4.78, 5) is 11.0. The molecule has 0 saturated heterocycles. The molecule has 5 heteroatoms. The lowest BCUT2D eigenvalue weighted by Gasteiger charge is -2.47. The van der Waals surface area contributed by atoms with Crippen molar-refractivity contribution in [1.29, 1.82) is 0 Å². The third-order valence-electron chi connectivity index (χ3n) is 8.35. The smallest absolute Gasteiger partial charge is 0.261 e. The molecule has 216 valence electrons. The van der Waals surface area contributed by atoms with Gasteiger partial charge in [0.15, 0.2) is 8.32 Å². The number of benzene rings is 2. The Morgan fingerprint density at radius 2 is 1.28 bits per heavy atom. The third kappa shape index (κ3) is 8.84. The van der Waals surface area contributed by atoms with Crippen molar-refractivity contribution in [3.63, 3.8) is 0 Å². The SMILES string of the molecule is C[C@H](C=O)CCC/C=C\C[C@H](O[Si](C)(C)C(C)(C)C)[C@@H](C)O[Si](c1ccccc1)(c1ccccc1)C(C)(C)C. The largest absolute Gasteiger partial charge is 0.411 e. The molecule has 0 radical (unpaired) electrons. The van der Waals surface area contributed by atoms with Crippen molar-refractivity contribution in [2.45, 2.75) is 116 Å². The van der Waals surface area contributed by atoms with Crippen LogP contribution < -0.4 is 10.4 Å². The van der Waals surface area contributed by atoms with Gasteiger partial charge in [0.25, 0.3) is 8.32 Å². The minimum atomic E-state index is -2.70. The molecule has 0 aromatic heterocycles. The second kappa shape index (κ2) is 14.2. The summed E-state index contributed by atoms with van der Waals surface area (Å²) in [6, 6.07) is 21.7. The minimum Gasteiger partial charge on any atom is -0.411 e. The van der Waals surface area contributed by atoms with Gasteiger partial charge in [-0.15, -0.1) is 0 Å².